The molecule has 6 nitrogen and oxygen atoms in total. The number of likely N-dealkylation sites (N-methyl/N-ethyl adjacent to an activating group) is 1. The minimum absolute atomic E-state index is 0.121. The number of amidine groups is 1. The average Bonchev–Trinajstić information content (AvgIpc) is 2.79. The summed E-state index contributed by atoms with van der Waals surface area (Å²) < 4.78 is 0. The van der Waals surface area contributed by atoms with Gasteiger partial charge in [-0.25, -0.2) is 4.98 Å². The highest BCUT2D eigenvalue weighted by molar-refractivity contribution is 6.02. The lowest BCUT2D eigenvalue weighted by atomic mass is 10.1. The predicted octanol–water partition coefficient (Wildman–Crippen LogP) is 1.18. The Morgan fingerprint density at radius 2 is 2.10 bits per heavy atom. The Hall–Kier alpha value is -1.82. The summed E-state index contributed by atoms with van der Waals surface area (Å²) in [5.74, 6) is 1.48. The van der Waals surface area contributed by atoms with Gasteiger partial charge in [0.2, 0.25) is 0 Å². The first-order chi connectivity index (χ1) is 9.85. The fourth-order valence-corrected chi connectivity index (χ4v) is 3.21. The van der Waals surface area contributed by atoms with Gasteiger partial charge in [-0.05, 0) is 45.5 Å². The normalized spacial score (nSPS) is 23.1. The number of hydrogen-bond acceptors (Lipinski definition) is 5. The largest absolute Gasteiger partial charge is 0.409 e. The molecule has 0 bridgehead atoms. The fourth-order valence-electron chi connectivity index (χ4n) is 3.21. The van der Waals surface area contributed by atoms with Crippen LogP contribution in [0.2, 0.25) is 0 Å². The van der Waals surface area contributed by atoms with Gasteiger partial charge in [0.1, 0.15) is 5.82 Å². The van der Waals surface area contributed by atoms with Crippen molar-refractivity contribution in [3.63, 3.8) is 0 Å². The molecule has 3 N–H and O–H groups in total. The highest BCUT2D eigenvalue weighted by Gasteiger charge is 2.33. The summed E-state index contributed by atoms with van der Waals surface area (Å²) in [6.07, 6.45) is 0. The molecule has 6 heteroatoms. The maximum Gasteiger partial charge on any atom is 0.174 e. The number of anilines is 1. The topological polar surface area (TPSA) is 78.0 Å². The Balaban J connectivity index is 2.45. The van der Waals surface area contributed by atoms with Crippen LogP contribution in [0.15, 0.2) is 11.2 Å². The Labute approximate surface area is 126 Å². The Bertz CT molecular complexity index is 555. The zero-order valence-corrected chi connectivity index (χ0v) is 13.5. The van der Waals surface area contributed by atoms with Gasteiger partial charge in [-0.15, -0.1) is 0 Å². The highest BCUT2D eigenvalue weighted by Crippen LogP contribution is 2.29. The van der Waals surface area contributed by atoms with Crippen molar-refractivity contribution in [1.82, 2.24) is 9.88 Å². The van der Waals surface area contributed by atoms with Crippen molar-refractivity contribution in [2.75, 3.05) is 32.1 Å². The van der Waals surface area contributed by atoms with Crippen molar-refractivity contribution in [3.8, 4) is 0 Å². The first kappa shape index (κ1) is 15.6. The summed E-state index contributed by atoms with van der Waals surface area (Å²) in [7, 11) is 4.20. The lowest BCUT2D eigenvalue weighted by Gasteiger charge is -2.24. The van der Waals surface area contributed by atoms with Crippen molar-refractivity contribution in [2.45, 2.75) is 26.8 Å². The van der Waals surface area contributed by atoms with Crippen molar-refractivity contribution in [3.05, 3.63) is 22.9 Å². The summed E-state index contributed by atoms with van der Waals surface area (Å²) in [4.78, 5) is 9.13. The maximum atomic E-state index is 9.05. The molecule has 2 heterocycles. The molecule has 1 aliphatic rings. The van der Waals surface area contributed by atoms with E-state index in [1.54, 1.807) is 0 Å². The number of nitrogens with zero attached hydrogens (tertiary/aromatic N) is 4. The van der Waals surface area contributed by atoms with Gasteiger partial charge in [0.05, 0.1) is 5.56 Å². The lowest BCUT2D eigenvalue weighted by Crippen LogP contribution is -2.35. The number of aromatic nitrogens is 1. The van der Waals surface area contributed by atoms with Gasteiger partial charge in [-0.2, -0.15) is 0 Å². The van der Waals surface area contributed by atoms with E-state index < -0.39 is 0 Å². The van der Waals surface area contributed by atoms with E-state index >= 15 is 0 Å². The lowest BCUT2D eigenvalue weighted by molar-refractivity contribution is 0.266. The molecule has 1 saturated heterocycles. The standard InChI is InChI=1S/C15H25N5O/c1-9-6-11(3)17-15(13(9)14(16)18-21)20-7-10(2)12(8-20)19(4)5/h6,10,12,21H,7-8H2,1-5H3,(H2,16,18). The third kappa shape index (κ3) is 2.95. The van der Waals surface area contributed by atoms with Crippen molar-refractivity contribution in [2.24, 2.45) is 16.8 Å². The molecular formula is C15H25N5O. The zero-order chi connectivity index (χ0) is 15.7. The number of rotatable bonds is 3. The summed E-state index contributed by atoms with van der Waals surface area (Å²) in [5, 5.41) is 12.2. The molecule has 0 saturated carbocycles. The quantitative estimate of drug-likeness (QED) is 0.378. The molecule has 0 aliphatic carbocycles. The number of nitrogens with two attached hydrogens (primary N) is 1. The SMILES string of the molecule is Cc1cc(C)c(/C(N)=N/O)c(N2CC(C)C(N(C)C)C2)n1. The van der Waals surface area contributed by atoms with E-state index in [-0.39, 0.29) is 5.84 Å². The van der Waals surface area contributed by atoms with Crippen LogP contribution >= 0.6 is 0 Å². The van der Waals surface area contributed by atoms with Crippen LogP contribution in [-0.4, -0.2) is 54.2 Å². The Morgan fingerprint density at radius 3 is 2.62 bits per heavy atom. The van der Waals surface area contributed by atoms with Crippen molar-refractivity contribution in [1.29, 1.82) is 0 Å². The number of hydrogen-bond donors (Lipinski definition) is 2. The minimum Gasteiger partial charge on any atom is -0.409 e. The number of oxime groups is 1. The third-order valence-corrected chi connectivity index (χ3v) is 4.22. The number of aryl methyl sites for hydroxylation is 2. The first-order valence-electron chi connectivity index (χ1n) is 7.22. The van der Waals surface area contributed by atoms with Crippen LogP contribution in [0.5, 0.6) is 0 Å². The second kappa shape index (κ2) is 5.89. The van der Waals surface area contributed by atoms with Gasteiger partial charge in [0.25, 0.3) is 0 Å². The number of pyridine rings is 1. The van der Waals surface area contributed by atoms with Crippen molar-refractivity contribution >= 4 is 11.7 Å². The molecule has 2 atom stereocenters. The van der Waals surface area contributed by atoms with Crippen LogP contribution in [0.1, 0.15) is 23.7 Å². The van der Waals surface area contributed by atoms with Gasteiger partial charge in [0.15, 0.2) is 5.84 Å². The Morgan fingerprint density at radius 1 is 1.43 bits per heavy atom. The summed E-state index contributed by atoms with van der Waals surface area (Å²) in [5.41, 5.74) is 8.52. The van der Waals surface area contributed by atoms with Crippen LogP contribution in [0, 0.1) is 19.8 Å². The van der Waals surface area contributed by atoms with Gasteiger partial charge >= 0.3 is 0 Å². The van der Waals surface area contributed by atoms with Gasteiger partial charge < -0.3 is 20.7 Å². The average molecular weight is 291 g/mol. The van der Waals surface area contributed by atoms with Crippen molar-refractivity contribution < 1.29 is 5.21 Å². The van der Waals surface area contributed by atoms with Crippen LogP contribution in [0.25, 0.3) is 0 Å². The molecular weight excluding hydrogens is 266 g/mol. The van der Waals surface area contributed by atoms with Gasteiger partial charge in [-0.3, -0.25) is 0 Å². The van der Waals surface area contributed by atoms with E-state index in [2.05, 4.69) is 41.0 Å². The molecule has 1 fully saturated rings. The smallest absolute Gasteiger partial charge is 0.174 e. The Kier molecular flexibility index (Phi) is 4.37. The van der Waals surface area contributed by atoms with E-state index in [1.165, 1.54) is 0 Å². The third-order valence-electron chi connectivity index (χ3n) is 4.22. The van der Waals surface area contributed by atoms with E-state index in [4.69, 9.17) is 10.9 Å². The van der Waals surface area contributed by atoms with E-state index in [0.29, 0.717) is 12.0 Å². The molecule has 116 valence electrons. The fraction of sp³-hybridized carbons (Fsp3) is 0.600. The summed E-state index contributed by atoms with van der Waals surface area (Å²) in [6.45, 7) is 8.00. The predicted molar refractivity (Wildman–Crippen MR) is 85.1 cm³/mol. The molecule has 21 heavy (non-hydrogen) atoms. The van der Waals surface area contributed by atoms with Crippen LogP contribution in [0.3, 0.4) is 0 Å². The summed E-state index contributed by atoms with van der Waals surface area (Å²) >= 11 is 0. The maximum absolute atomic E-state index is 9.05. The molecule has 2 unspecified atom stereocenters. The van der Waals surface area contributed by atoms with Crippen LogP contribution in [-0.2, 0) is 0 Å². The minimum atomic E-state index is 0.121. The molecule has 1 aromatic rings. The second-order valence-corrected chi connectivity index (χ2v) is 6.18. The monoisotopic (exact) mass is 291 g/mol. The zero-order valence-electron chi connectivity index (χ0n) is 13.5. The molecule has 1 aliphatic heterocycles. The summed E-state index contributed by atoms with van der Waals surface area (Å²) in [6, 6.07) is 2.44. The van der Waals surface area contributed by atoms with Gasteiger partial charge in [0, 0.05) is 24.8 Å². The molecule has 2 rings (SSSR count). The van der Waals surface area contributed by atoms with Gasteiger partial charge in [-0.1, -0.05) is 12.1 Å². The second-order valence-electron chi connectivity index (χ2n) is 6.18. The van der Waals surface area contributed by atoms with E-state index in [9.17, 15) is 0 Å². The van der Waals surface area contributed by atoms with Crippen LogP contribution in [0.4, 0.5) is 5.82 Å². The molecule has 0 radical (unpaired) electrons. The first-order valence-corrected chi connectivity index (χ1v) is 7.22. The van der Waals surface area contributed by atoms with E-state index in [1.807, 2.05) is 19.9 Å². The molecule has 0 spiro atoms. The molecule has 0 aromatic carbocycles. The van der Waals surface area contributed by atoms with Crippen LogP contribution < -0.4 is 10.6 Å². The van der Waals surface area contributed by atoms with E-state index in [0.717, 1.165) is 35.7 Å². The molecule has 0 amide bonds. The molecule has 1 aromatic heterocycles. The highest BCUT2D eigenvalue weighted by atomic mass is 16.4.